The first-order valence-corrected chi connectivity index (χ1v) is 6.57. The molecule has 1 N–H and O–H groups in total. The minimum Gasteiger partial charge on any atom is -0.465 e. The Morgan fingerprint density at radius 2 is 1.82 bits per heavy atom. The van der Waals surface area contributed by atoms with Crippen LogP contribution < -0.4 is 5.32 Å². The van der Waals surface area contributed by atoms with Gasteiger partial charge in [-0.2, -0.15) is 0 Å². The van der Waals surface area contributed by atoms with Gasteiger partial charge in [0.15, 0.2) is 5.78 Å². The number of carbonyl (C=O) groups excluding carboxylic acids is 3. The number of nitrogens with one attached hydrogen (secondary N) is 1. The quantitative estimate of drug-likeness (QED) is 0.881. The zero-order valence-corrected chi connectivity index (χ0v) is 11.4. The van der Waals surface area contributed by atoms with Crippen LogP contribution in [0.3, 0.4) is 0 Å². The number of rotatable bonds is 3. The van der Waals surface area contributed by atoms with Crippen LogP contribution in [0.4, 0.5) is 0 Å². The third kappa shape index (κ3) is 2.64. The lowest BCUT2D eigenvalue weighted by Gasteiger charge is -2.14. The summed E-state index contributed by atoms with van der Waals surface area (Å²) in [6, 6.07) is 9.89. The monoisotopic (exact) mass is 293 g/mol. The SMILES string of the molecule is O=C(C=Cc1ccco1)NC1=CC(=O)c2ccccc2C1=O. The molecule has 22 heavy (non-hydrogen) atoms. The van der Waals surface area contributed by atoms with Gasteiger partial charge in [-0.1, -0.05) is 24.3 Å². The Kier molecular flexibility index (Phi) is 3.53. The molecule has 0 spiro atoms. The predicted octanol–water partition coefficient (Wildman–Crippen LogP) is 2.37. The molecule has 3 rings (SSSR count). The van der Waals surface area contributed by atoms with Gasteiger partial charge >= 0.3 is 0 Å². The summed E-state index contributed by atoms with van der Waals surface area (Å²) < 4.78 is 5.06. The summed E-state index contributed by atoms with van der Waals surface area (Å²) in [5, 5.41) is 2.43. The topological polar surface area (TPSA) is 76.4 Å². The highest BCUT2D eigenvalue weighted by Crippen LogP contribution is 2.19. The van der Waals surface area contributed by atoms with Crippen molar-refractivity contribution in [3.63, 3.8) is 0 Å². The lowest BCUT2D eigenvalue weighted by atomic mass is 9.93. The minimum atomic E-state index is -0.511. The number of hydrogen-bond donors (Lipinski definition) is 1. The molecule has 0 bridgehead atoms. The van der Waals surface area contributed by atoms with Gasteiger partial charge in [-0.05, 0) is 18.2 Å². The minimum absolute atomic E-state index is 0.0298. The summed E-state index contributed by atoms with van der Waals surface area (Å²) in [6.45, 7) is 0. The fourth-order valence-corrected chi connectivity index (χ4v) is 2.13. The standard InChI is InChI=1S/C17H11NO4/c19-15-10-14(17(21)13-6-2-1-5-12(13)15)18-16(20)8-7-11-4-3-9-22-11/h1-10H,(H,18,20). The Balaban J connectivity index is 1.77. The van der Waals surface area contributed by atoms with Crippen LogP contribution in [0.15, 0.2) is 64.9 Å². The van der Waals surface area contributed by atoms with E-state index < -0.39 is 5.91 Å². The highest BCUT2D eigenvalue weighted by atomic mass is 16.3. The van der Waals surface area contributed by atoms with Crippen molar-refractivity contribution < 1.29 is 18.8 Å². The van der Waals surface area contributed by atoms with Gasteiger partial charge in [0, 0.05) is 23.3 Å². The van der Waals surface area contributed by atoms with E-state index >= 15 is 0 Å². The van der Waals surface area contributed by atoms with Crippen molar-refractivity contribution in [2.75, 3.05) is 0 Å². The van der Waals surface area contributed by atoms with Crippen molar-refractivity contribution in [3.8, 4) is 0 Å². The smallest absolute Gasteiger partial charge is 0.248 e. The highest BCUT2D eigenvalue weighted by Gasteiger charge is 2.25. The Morgan fingerprint density at radius 3 is 2.55 bits per heavy atom. The number of furan rings is 1. The van der Waals surface area contributed by atoms with Gasteiger partial charge in [0.05, 0.1) is 12.0 Å². The van der Waals surface area contributed by atoms with E-state index in [1.54, 1.807) is 36.4 Å². The lowest BCUT2D eigenvalue weighted by Crippen LogP contribution is -2.30. The molecule has 0 atom stereocenters. The Labute approximate surface area is 125 Å². The maximum absolute atomic E-state index is 12.3. The van der Waals surface area contributed by atoms with E-state index in [0.717, 1.165) is 6.08 Å². The zero-order chi connectivity index (χ0) is 15.5. The number of carbonyl (C=O) groups is 3. The molecule has 1 aliphatic rings. The van der Waals surface area contributed by atoms with Crippen molar-refractivity contribution in [1.82, 2.24) is 5.32 Å². The Morgan fingerprint density at radius 1 is 1.05 bits per heavy atom. The average molecular weight is 293 g/mol. The van der Waals surface area contributed by atoms with Crippen LogP contribution in [0, 0.1) is 0 Å². The number of allylic oxidation sites excluding steroid dienone is 2. The Hall–Kier alpha value is -3.21. The van der Waals surface area contributed by atoms with E-state index in [-0.39, 0.29) is 17.3 Å². The van der Waals surface area contributed by atoms with E-state index in [1.807, 2.05) is 0 Å². The fraction of sp³-hybridized carbons (Fsp3) is 0. The number of fused-ring (bicyclic) bond motifs is 1. The molecule has 1 aromatic carbocycles. The summed E-state index contributed by atoms with van der Waals surface area (Å²) in [5.41, 5.74) is 0.606. The molecule has 0 fully saturated rings. The van der Waals surface area contributed by atoms with Crippen LogP contribution >= 0.6 is 0 Å². The first-order chi connectivity index (χ1) is 10.6. The number of Topliss-reactive ketones (excluding diaryl/α,β-unsaturated/α-hetero) is 1. The Bertz CT molecular complexity index is 813. The van der Waals surface area contributed by atoms with Crippen LogP contribution in [-0.4, -0.2) is 17.5 Å². The number of hydrogen-bond acceptors (Lipinski definition) is 4. The molecule has 108 valence electrons. The molecule has 1 amide bonds. The van der Waals surface area contributed by atoms with Gasteiger partial charge < -0.3 is 9.73 Å². The summed E-state index contributed by atoms with van der Waals surface area (Å²) in [5.74, 6) is -0.681. The second-order valence-corrected chi connectivity index (χ2v) is 4.63. The second-order valence-electron chi connectivity index (χ2n) is 4.63. The molecule has 0 aliphatic heterocycles. The van der Waals surface area contributed by atoms with Gasteiger partial charge in [0.2, 0.25) is 11.7 Å². The highest BCUT2D eigenvalue weighted by molar-refractivity contribution is 6.25. The van der Waals surface area contributed by atoms with Crippen molar-refractivity contribution >= 4 is 23.5 Å². The lowest BCUT2D eigenvalue weighted by molar-refractivity contribution is -0.115. The zero-order valence-electron chi connectivity index (χ0n) is 11.4. The van der Waals surface area contributed by atoms with Crippen LogP contribution in [0.2, 0.25) is 0 Å². The van der Waals surface area contributed by atoms with Gasteiger partial charge in [-0.3, -0.25) is 14.4 Å². The normalized spacial score (nSPS) is 13.9. The summed E-state index contributed by atoms with van der Waals surface area (Å²) in [6.07, 6.45) is 5.33. The van der Waals surface area contributed by atoms with E-state index in [1.165, 1.54) is 18.4 Å². The van der Waals surface area contributed by atoms with E-state index in [9.17, 15) is 14.4 Å². The van der Waals surface area contributed by atoms with Crippen molar-refractivity contribution in [3.05, 3.63) is 77.4 Å². The van der Waals surface area contributed by atoms with Crippen molar-refractivity contribution in [1.29, 1.82) is 0 Å². The van der Waals surface area contributed by atoms with E-state index in [4.69, 9.17) is 4.42 Å². The summed E-state index contributed by atoms with van der Waals surface area (Å²) >= 11 is 0. The van der Waals surface area contributed by atoms with Crippen LogP contribution in [0.5, 0.6) is 0 Å². The van der Waals surface area contributed by atoms with Crippen LogP contribution in [0.25, 0.3) is 6.08 Å². The van der Waals surface area contributed by atoms with Crippen LogP contribution in [0.1, 0.15) is 26.5 Å². The first-order valence-electron chi connectivity index (χ1n) is 6.57. The summed E-state index contributed by atoms with van der Waals surface area (Å²) in [4.78, 5) is 36.0. The second kappa shape index (κ2) is 5.65. The molecule has 1 aliphatic carbocycles. The number of ketones is 2. The molecule has 5 heteroatoms. The average Bonchev–Trinajstić information content (AvgIpc) is 3.04. The van der Waals surface area contributed by atoms with Gasteiger partial charge in [-0.15, -0.1) is 0 Å². The van der Waals surface area contributed by atoms with Gasteiger partial charge in [0.25, 0.3) is 0 Å². The van der Waals surface area contributed by atoms with Crippen molar-refractivity contribution in [2.24, 2.45) is 0 Å². The number of benzene rings is 1. The summed E-state index contributed by atoms with van der Waals surface area (Å²) in [7, 11) is 0. The maximum Gasteiger partial charge on any atom is 0.248 e. The largest absolute Gasteiger partial charge is 0.465 e. The fourth-order valence-electron chi connectivity index (χ4n) is 2.13. The third-order valence-electron chi connectivity index (χ3n) is 3.16. The van der Waals surface area contributed by atoms with Crippen molar-refractivity contribution in [2.45, 2.75) is 0 Å². The molecule has 0 radical (unpaired) electrons. The predicted molar refractivity (Wildman–Crippen MR) is 79.1 cm³/mol. The number of amides is 1. The van der Waals surface area contributed by atoms with Gasteiger partial charge in [-0.25, -0.2) is 0 Å². The maximum atomic E-state index is 12.3. The molecular formula is C17H11NO4. The molecule has 1 aromatic heterocycles. The molecule has 2 aromatic rings. The van der Waals surface area contributed by atoms with E-state index in [2.05, 4.69) is 5.32 Å². The first kappa shape index (κ1) is 13.8. The molecule has 0 unspecified atom stereocenters. The third-order valence-corrected chi connectivity index (χ3v) is 3.16. The molecule has 0 saturated heterocycles. The molecule has 5 nitrogen and oxygen atoms in total. The van der Waals surface area contributed by atoms with Crippen LogP contribution in [-0.2, 0) is 4.79 Å². The molecule has 0 saturated carbocycles. The molecule has 1 heterocycles. The molecular weight excluding hydrogens is 282 g/mol. The van der Waals surface area contributed by atoms with Gasteiger partial charge in [0.1, 0.15) is 5.76 Å². The van der Waals surface area contributed by atoms with E-state index in [0.29, 0.717) is 16.9 Å².